The van der Waals surface area contributed by atoms with Crippen LogP contribution in [0.2, 0.25) is 0 Å². The molecule has 0 radical (unpaired) electrons. The van der Waals surface area contributed by atoms with Crippen molar-refractivity contribution in [3.05, 3.63) is 5.82 Å². The molecule has 0 spiro atoms. The highest BCUT2D eigenvalue weighted by atomic mass is 16.4. The molecule has 1 aromatic rings. The predicted molar refractivity (Wildman–Crippen MR) is 71.9 cm³/mol. The van der Waals surface area contributed by atoms with E-state index >= 15 is 0 Å². The van der Waals surface area contributed by atoms with Gasteiger partial charge in [-0.3, -0.25) is 0 Å². The van der Waals surface area contributed by atoms with Crippen molar-refractivity contribution in [2.75, 3.05) is 0 Å². The highest BCUT2D eigenvalue weighted by molar-refractivity contribution is 5.76. The number of carboxylic acids is 1. The molecule has 0 aliphatic carbocycles. The van der Waals surface area contributed by atoms with E-state index in [4.69, 9.17) is 0 Å². The number of nitrogens with zero attached hydrogens (tertiary/aromatic N) is 4. The number of aliphatic carboxylic acids is 1. The largest absolute Gasteiger partial charge is 0.479 e. The summed E-state index contributed by atoms with van der Waals surface area (Å²) in [6.45, 7) is 7.91. The standard InChI is InChI=1S/C13H24N4O2/c1-5-8-9-10(4)11-14-15-16-17(11)13(6-2,7-3)12(18)19/h10H,5-9H2,1-4H3,(H,18,19). The second-order valence-electron chi connectivity index (χ2n) is 5.04. The van der Waals surface area contributed by atoms with Gasteiger partial charge in [0.05, 0.1) is 0 Å². The fourth-order valence-corrected chi connectivity index (χ4v) is 2.39. The summed E-state index contributed by atoms with van der Waals surface area (Å²) in [5, 5.41) is 21.3. The molecule has 0 bridgehead atoms. The van der Waals surface area contributed by atoms with Gasteiger partial charge in [0.2, 0.25) is 0 Å². The molecule has 6 heteroatoms. The third-order valence-corrected chi connectivity index (χ3v) is 3.90. The molecule has 0 aromatic carbocycles. The minimum atomic E-state index is -1.03. The third kappa shape index (κ3) is 2.93. The second kappa shape index (κ2) is 6.63. The van der Waals surface area contributed by atoms with E-state index in [1.807, 2.05) is 13.8 Å². The Hall–Kier alpha value is -1.46. The summed E-state index contributed by atoms with van der Waals surface area (Å²) in [7, 11) is 0. The average molecular weight is 268 g/mol. The Morgan fingerprint density at radius 3 is 2.47 bits per heavy atom. The van der Waals surface area contributed by atoms with E-state index in [2.05, 4.69) is 29.4 Å². The Kier molecular flexibility index (Phi) is 5.44. The van der Waals surface area contributed by atoms with Crippen molar-refractivity contribution in [1.29, 1.82) is 0 Å². The van der Waals surface area contributed by atoms with Crippen LogP contribution in [0.5, 0.6) is 0 Å². The van der Waals surface area contributed by atoms with Crippen LogP contribution in [0.3, 0.4) is 0 Å². The molecule has 108 valence electrons. The lowest BCUT2D eigenvalue weighted by atomic mass is 9.92. The van der Waals surface area contributed by atoms with Crippen molar-refractivity contribution in [2.24, 2.45) is 0 Å². The molecule has 0 saturated heterocycles. The Morgan fingerprint density at radius 1 is 1.37 bits per heavy atom. The first-order valence-electron chi connectivity index (χ1n) is 7.05. The van der Waals surface area contributed by atoms with Crippen LogP contribution in [0.1, 0.15) is 71.5 Å². The smallest absolute Gasteiger partial charge is 0.331 e. The number of carboxylic acid groups (broad SMARTS) is 1. The minimum absolute atomic E-state index is 0.173. The van der Waals surface area contributed by atoms with Crippen molar-refractivity contribution in [1.82, 2.24) is 20.2 Å². The van der Waals surface area contributed by atoms with Crippen LogP contribution in [-0.4, -0.2) is 31.3 Å². The van der Waals surface area contributed by atoms with Gasteiger partial charge in [0.25, 0.3) is 0 Å². The lowest BCUT2D eigenvalue weighted by Crippen LogP contribution is -2.43. The van der Waals surface area contributed by atoms with E-state index < -0.39 is 11.5 Å². The molecular formula is C13H24N4O2. The molecule has 1 rings (SSSR count). The Balaban J connectivity index is 3.13. The highest BCUT2D eigenvalue weighted by Gasteiger charge is 2.40. The molecular weight excluding hydrogens is 244 g/mol. The zero-order valence-electron chi connectivity index (χ0n) is 12.3. The second-order valence-corrected chi connectivity index (χ2v) is 5.04. The zero-order valence-corrected chi connectivity index (χ0v) is 12.3. The maximum atomic E-state index is 11.7. The van der Waals surface area contributed by atoms with Gasteiger partial charge >= 0.3 is 5.97 Å². The molecule has 1 N–H and O–H groups in total. The molecule has 19 heavy (non-hydrogen) atoms. The highest BCUT2D eigenvalue weighted by Crippen LogP contribution is 2.29. The maximum Gasteiger partial charge on any atom is 0.331 e. The van der Waals surface area contributed by atoms with Crippen molar-refractivity contribution < 1.29 is 9.90 Å². The molecule has 1 unspecified atom stereocenters. The topological polar surface area (TPSA) is 80.9 Å². The van der Waals surface area contributed by atoms with E-state index in [9.17, 15) is 9.90 Å². The van der Waals surface area contributed by atoms with Crippen molar-refractivity contribution in [2.45, 2.75) is 71.3 Å². The van der Waals surface area contributed by atoms with Crippen LogP contribution in [0.25, 0.3) is 0 Å². The first-order valence-corrected chi connectivity index (χ1v) is 7.05. The molecule has 0 aliphatic heterocycles. The van der Waals surface area contributed by atoms with Crippen LogP contribution < -0.4 is 0 Å². The number of unbranched alkanes of at least 4 members (excludes halogenated alkanes) is 1. The zero-order chi connectivity index (χ0) is 14.5. The van der Waals surface area contributed by atoms with Crippen molar-refractivity contribution >= 4 is 5.97 Å². The number of rotatable bonds is 8. The fourth-order valence-electron chi connectivity index (χ4n) is 2.39. The summed E-state index contributed by atoms with van der Waals surface area (Å²) in [6, 6.07) is 0. The monoisotopic (exact) mass is 268 g/mol. The maximum absolute atomic E-state index is 11.7. The predicted octanol–water partition coefficient (Wildman–Crippen LogP) is 2.57. The van der Waals surface area contributed by atoms with Gasteiger partial charge in [0, 0.05) is 5.92 Å². The van der Waals surface area contributed by atoms with E-state index in [1.165, 1.54) is 4.68 Å². The SMILES string of the molecule is CCCCC(C)c1nnnn1C(CC)(CC)C(=O)O. The first-order chi connectivity index (χ1) is 9.03. The van der Waals surface area contributed by atoms with Crippen LogP contribution in [0.15, 0.2) is 0 Å². The molecule has 0 saturated carbocycles. The van der Waals surface area contributed by atoms with Crippen LogP contribution >= 0.6 is 0 Å². The van der Waals surface area contributed by atoms with Crippen molar-refractivity contribution in [3.63, 3.8) is 0 Å². The third-order valence-electron chi connectivity index (χ3n) is 3.90. The summed E-state index contributed by atoms with van der Waals surface area (Å²) >= 11 is 0. The van der Waals surface area contributed by atoms with E-state index in [0.29, 0.717) is 18.7 Å². The van der Waals surface area contributed by atoms with Crippen LogP contribution in [0.4, 0.5) is 0 Å². The number of hydrogen-bond donors (Lipinski definition) is 1. The van der Waals surface area contributed by atoms with Gasteiger partial charge < -0.3 is 5.11 Å². The summed E-state index contributed by atoms with van der Waals surface area (Å²) < 4.78 is 1.52. The van der Waals surface area contributed by atoms with Gasteiger partial charge in [0.15, 0.2) is 11.4 Å². The molecule has 0 amide bonds. The number of hydrogen-bond acceptors (Lipinski definition) is 4. The molecule has 6 nitrogen and oxygen atoms in total. The fraction of sp³-hybridized carbons (Fsp3) is 0.846. The summed E-state index contributed by atoms with van der Waals surface area (Å²) in [5.74, 6) is -0.0138. The number of aromatic nitrogens is 4. The van der Waals surface area contributed by atoms with Gasteiger partial charge in [-0.25, -0.2) is 9.48 Å². The summed E-state index contributed by atoms with van der Waals surface area (Å²) in [5.41, 5.74) is -1.03. The van der Waals surface area contributed by atoms with Gasteiger partial charge in [-0.1, -0.05) is 40.5 Å². The molecule has 1 atom stereocenters. The van der Waals surface area contributed by atoms with Gasteiger partial charge in [-0.2, -0.15) is 0 Å². The number of tetrazole rings is 1. The average Bonchev–Trinajstić information content (AvgIpc) is 2.87. The normalized spacial score (nSPS) is 13.5. The van der Waals surface area contributed by atoms with E-state index in [1.54, 1.807) is 0 Å². The Labute approximate surface area is 114 Å². The molecule has 0 aliphatic rings. The van der Waals surface area contributed by atoms with Crippen molar-refractivity contribution in [3.8, 4) is 0 Å². The lowest BCUT2D eigenvalue weighted by Gasteiger charge is -2.28. The molecule has 0 fully saturated rings. The Morgan fingerprint density at radius 2 is 2.00 bits per heavy atom. The summed E-state index contributed by atoms with van der Waals surface area (Å²) in [6.07, 6.45) is 4.11. The van der Waals surface area contributed by atoms with Crippen LogP contribution in [0, 0.1) is 0 Å². The minimum Gasteiger partial charge on any atom is -0.479 e. The molecule has 1 heterocycles. The molecule has 1 aromatic heterocycles. The summed E-state index contributed by atoms with van der Waals surface area (Å²) in [4.78, 5) is 11.7. The van der Waals surface area contributed by atoms with Gasteiger partial charge in [-0.05, 0) is 29.7 Å². The van der Waals surface area contributed by atoms with E-state index in [-0.39, 0.29) is 5.92 Å². The lowest BCUT2D eigenvalue weighted by molar-refractivity contribution is -0.149. The first kappa shape index (κ1) is 15.6. The quantitative estimate of drug-likeness (QED) is 0.783. The van der Waals surface area contributed by atoms with E-state index in [0.717, 1.165) is 19.3 Å². The Bertz CT molecular complexity index is 413. The van der Waals surface area contributed by atoms with Crippen LogP contribution in [-0.2, 0) is 10.3 Å². The van der Waals surface area contributed by atoms with Gasteiger partial charge in [0.1, 0.15) is 0 Å². The number of carbonyl (C=O) groups is 1. The van der Waals surface area contributed by atoms with Gasteiger partial charge in [-0.15, -0.1) is 5.10 Å².